The first-order chi connectivity index (χ1) is 14.6. The van der Waals surface area contributed by atoms with Crippen LogP contribution in [0.1, 0.15) is 12.0 Å². The highest BCUT2D eigenvalue weighted by atomic mass is 16.5. The summed E-state index contributed by atoms with van der Waals surface area (Å²) in [5, 5.41) is 16.2. The summed E-state index contributed by atoms with van der Waals surface area (Å²) in [5.74, 6) is 0.491. The number of carbonyl (C=O) groups excluding carboxylic acids is 1. The second-order valence-electron chi connectivity index (χ2n) is 7.09. The molecule has 0 spiro atoms. The molecular formula is C22H24N6O2. The highest BCUT2D eigenvalue weighted by molar-refractivity contribution is 5.92. The van der Waals surface area contributed by atoms with Crippen LogP contribution in [-0.4, -0.2) is 44.4 Å². The van der Waals surface area contributed by atoms with Crippen LogP contribution in [0.4, 0.5) is 5.69 Å². The summed E-state index contributed by atoms with van der Waals surface area (Å²) in [7, 11) is 3.42. The number of methoxy groups -OCH3 is 1. The number of aromatic nitrogens is 5. The Hall–Kier alpha value is -3.52. The van der Waals surface area contributed by atoms with Gasteiger partial charge in [0.15, 0.2) is 0 Å². The number of ether oxygens (including phenoxy) is 1. The van der Waals surface area contributed by atoms with E-state index in [1.807, 2.05) is 36.4 Å². The monoisotopic (exact) mass is 404 g/mol. The highest BCUT2D eigenvalue weighted by Crippen LogP contribution is 2.23. The van der Waals surface area contributed by atoms with E-state index in [0.29, 0.717) is 31.0 Å². The molecule has 0 fully saturated rings. The maximum atomic E-state index is 12.6. The van der Waals surface area contributed by atoms with E-state index in [4.69, 9.17) is 4.74 Å². The lowest BCUT2D eigenvalue weighted by atomic mass is 10.1. The molecule has 1 amide bonds. The number of benzene rings is 2. The SMILES string of the molecule is COCCn1cc(CCC(=O)Nc2cccc(-c3nnn(C)n3)c2)c2ccccc21. The van der Waals surface area contributed by atoms with E-state index in [-0.39, 0.29) is 5.91 Å². The van der Waals surface area contributed by atoms with Gasteiger partial charge in [0.05, 0.1) is 13.7 Å². The number of fused-ring (bicyclic) bond motifs is 1. The van der Waals surface area contributed by atoms with Crippen molar-refractivity contribution < 1.29 is 9.53 Å². The van der Waals surface area contributed by atoms with Crippen LogP contribution in [0, 0.1) is 0 Å². The third-order valence-corrected chi connectivity index (χ3v) is 4.94. The molecule has 0 aliphatic heterocycles. The molecule has 0 saturated carbocycles. The minimum atomic E-state index is -0.0343. The molecule has 0 radical (unpaired) electrons. The number of hydrogen-bond donors (Lipinski definition) is 1. The minimum Gasteiger partial charge on any atom is -0.383 e. The number of hydrogen-bond acceptors (Lipinski definition) is 5. The van der Waals surface area contributed by atoms with E-state index in [2.05, 4.69) is 43.6 Å². The molecule has 0 bridgehead atoms. The largest absolute Gasteiger partial charge is 0.383 e. The van der Waals surface area contributed by atoms with Gasteiger partial charge in [0, 0.05) is 48.4 Å². The number of anilines is 1. The molecule has 0 atom stereocenters. The van der Waals surface area contributed by atoms with Crippen LogP contribution >= 0.6 is 0 Å². The quantitative estimate of drug-likeness (QED) is 0.488. The molecule has 2 aromatic heterocycles. The molecule has 2 heterocycles. The van der Waals surface area contributed by atoms with Crippen LogP contribution in [0.5, 0.6) is 0 Å². The number of rotatable bonds is 8. The summed E-state index contributed by atoms with van der Waals surface area (Å²) in [6.07, 6.45) is 3.18. The zero-order valence-corrected chi connectivity index (χ0v) is 17.1. The van der Waals surface area contributed by atoms with E-state index >= 15 is 0 Å². The van der Waals surface area contributed by atoms with Gasteiger partial charge in [-0.3, -0.25) is 4.79 Å². The maximum absolute atomic E-state index is 12.6. The van der Waals surface area contributed by atoms with Gasteiger partial charge < -0.3 is 14.6 Å². The van der Waals surface area contributed by atoms with Crippen LogP contribution in [0.15, 0.2) is 54.7 Å². The van der Waals surface area contributed by atoms with E-state index in [1.54, 1.807) is 14.2 Å². The molecule has 4 rings (SSSR count). The third-order valence-electron chi connectivity index (χ3n) is 4.94. The van der Waals surface area contributed by atoms with Gasteiger partial charge in [-0.2, -0.15) is 4.80 Å². The molecule has 8 heteroatoms. The van der Waals surface area contributed by atoms with Crippen LogP contribution < -0.4 is 5.32 Å². The fourth-order valence-corrected chi connectivity index (χ4v) is 3.50. The van der Waals surface area contributed by atoms with Crippen LogP contribution in [0.25, 0.3) is 22.3 Å². The second-order valence-corrected chi connectivity index (χ2v) is 7.09. The maximum Gasteiger partial charge on any atom is 0.224 e. The minimum absolute atomic E-state index is 0.0343. The molecule has 0 saturated heterocycles. The Morgan fingerprint density at radius 3 is 2.83 bits per heavy atom. The van der Waals surface area contributed by atoms with Gasteiger partial charge in [-0.05, 0) is 35.4 Å². The Balaban J connectivity index is 1.43. The van der Waals surface area contributed by atoms with E-state index in [1.165, 1.54) is 10.2 Å². The molecule has 0 aliphatic rings. The first kappa shape index (κ1) is 19.8. The van der Waals surface area contributed by atoms with E-state index < -0.39 is 0 Å². The fourth-order valence-electron chi connectivity index (χ4n) is 3.50. The molecule has 0 unspecified atom stereocenters. The highest BCUT2D eigenvalue weighted by Gasteiger charge is 2.11. The summed E-state index contributed by atoms with van der Waals surface area (Å²) in [6.45, 7) is 1.43. The summed E-state index contributed by atoms with van der Waals surface area (Å²) in [4.78, 5) is 14.0. The number of nitrogens with one attached hydrogen (secondary N) is 1. The lowest BCUT2D eigenvalue weighted by molar-refractivity contribution is -0.116. The van der Waals surface area contributed by atoms with Crippen LogP contribution in [-0.2, 0) is 29.5 Å². The van der Waals surface area contributed by atoms with Gasteiger partial charge in [-0.15, -0.1) is 10.2 Å². The first-order valence-corrected chi connectivity index (χ1v) is 9.84. The lowest BCUT2D eigenvalue weighted by Gasteiger charge is -2.06. The predicted octanol–water partition coefficient (Wildman–Crippen LogP) is 3.05. The lowest BCUT2D eigenvalue weighted by Crippen LogP contribution is -2.12. The van der Waals surface area contributed by atoms with Crippen molar-refractivity contribution in [2.45, 2.75) is 19.4 Å². The molecule has 8 nitrogen and oxygen atoms in total. The third kappa shape index (κ3) is 4.38. The number of amides is 1. The molecule has 154 valence electrons. The average molecular weight is 404 g/mol. The van der Waals surface area contributed by atoms with Crippen molar-refractivity contribution in [2.75, 3.05) is 19.0 Å². The number of para-hydroxylation sites is 1. The van der Waals surface area contributed by atoms with Crippen LogP contribution in [0.3, 0.4) is 0 Å². The summed E-state index contributed by atoms with van der Waals surface area (Å²) in [5.41, 5.74) is 3.85. The van der Waals surface area contributed by atoms with Crippen molar-refractivity contribution in [3.05, 3.63) is 60.3 Å². The summed E-state index contributed by atoms with van der Waals surface area (Å²) in [6, 6.07) is 15.7. The molecule has 4 aromatic rings. The molecular weight excluding hydrogens is 380 g/mol. The Kier molecular flexibility index (Phi) is 5.85. The van der Waals surface area contributed by atoms with Gasteiger partial charge in [-0.1, -0.05) is 30.3 Å². The summed E-state index contributed by atoms with van der Waals surface area (Å²) >= 11 is 0. The van der Waals surface area contributed by atoms with Crippen molar-refractivity contribution in [2.24, 2.45) is 7.05 Å². The summed E-state index contributed by atoms with van der Waals surface area (Å²) < 4.78 is 7.40. The average Bonchev–Trinajstić information content (AvgIpc) is 3.35. The standard InChI is InChI=1S/C22H24N6O2/c1-27-25-22(24-26-27)16-6-5-7-18(14-16)23-21(29)11-10-17-15-28(12-13-30-2)20-9-4-3-8-19(17)20/h3-9,14-15H,10-13H2,1-2H3,(H,23,29). The predicted molar refractivity (Wildman–Crippen MR) is 115 cm³/mol. The van der Waals surface area contributed by atoms with E-state index in [9.17, 15) is 4.79 Å². The van der Waals surface area contributed by atoms with Gasteiger partial charge >= 0.3 is 0 Å². The molecule has 0 aliphatic carbocycles. The number of nitrogens with zero attached hydrogens (tertiary/aromatic N) is 5. The zero-order valence-electron chi connectivity index (χ0n) is 17.1. The van der Waals surface area contributed by atoms with Gasteiger partial charge in [-0.25, -0.2) is 0 Å². The number of carbonyl (C=O) groups is 1. The Bertz CT molecular complexity index is 1160. The Morgan fingerprint density at radius 2 is 2.03 bits per heavy atom. The van der Waals surface area contributed by atoms with E-state index in [0.717, 1.165) is 23.2 Å². The molecule has 2 aromatic carbocycles. The first-order valence-electron chi connectivity index (χ1n) is 9.84. The number of aryl methyl sites for hydroxylation is 2. The van der Waals surface area contributed by atoms with Crippen molar-refractivity contribution in [3.8, 4) is 11.4 Å². The molecule has 1 N–H and O–H groups in total. The zero-order chi connectivity index (χ0) is 20.9. The fraction of sp³-hybridized carbons (Fsp3) is 0.273. The van der Waals surface area contributed by atoms with Crippen molar-refractivity contribution in [3.63, 3.8) is 0 Å². The van der Waals surface area contributed by atoms with Crippen molar-refractivity contribution >= 4 is 22.5 Å². The second kappa shape index (κ2) is 8.87. The smallest absolute Gasteiger partial charge is 0.224 e. The van der Waals surface area contributed by atoms with Crippen molar-refractivity contribution in [1.82, 2.24) is 24.8 Å². The van der Waals surface area contributed by atoms with Gasteiger partial charge in [0.2, 0.25) is 11.7 Å². The number of tetrazole rings is 1. The van der Waals surface area contributed by atoms with Gasteiger partial charge in [0.1, 0.15) is 0 Å². The molecule has 30 heavy (non-hydrogen) atoms. The Morgan fingerprint density at radius 1 is 1.17 bits per heavy atom. The topological polar surface area (TPSA) is 86.9 Å². The van der Waals surface area contributed by atoms with Crippen molar-refractivity contribution in [1.29, 1.82) is 0 Å². The van der Waals surface area contributed by atoms with Crippen LogP contribution in [0.2, 0.25) is 0 Å². The van der Waals surface area contributed by atoms with Gasteiger partial charge in [0.25, 0.3) is 0 Å². The Labute approximate surface area is 174 Å². The normalized spacial score (nSPS) is 11.1.